The summed E-state index contributed by atoms with van der Waals surface area (Å²) in [5.41, 5.74) is 0. The number of hydrogen-bond donors (Lipinski definition) is 0. The van der Waals surface area contributed by atoms with Gasteiger partial charge in [0.25, 0.3) is 10.0 Å². The van der Waals surface area contributed by atoms with Crippen LogP contribution in [0, 0.1) is 11.3 Å². The van der Waals surface area contributed by atoms with Crippen molar-refractivity contribution in [1.29, 1.82) is 5.26 Å². The molecule has 0 aliphatic carbocycles. The van der Waals surface area contributed by atoms with E-state index in [2.05, 4.69) is 11.2 Å². The van der Waals surface area contributed by atoms with Crippen molar-refractivity contribution in [2.75, 3.05) is 26.2 Å². The first-order chi connectivity index (χ1) is 9.37. The normalized spacial score (nSPS) is 19.7. The Morgan fingerprint density at radius 2 is 2.00 bits per heavy atom. The van der Waals surface area contributed by atoms with Crippen LogP contribution in [-0.2, 0) is 17.1 Å². The third-order valence-electron chi connectivity index (χ3n) is 3.43. The zero-order chi connectivity index (χ0) is 14.9. The maximum absolute atomic E-state index is 12.5. The Balaban J connectivity index is 2.17. The fourth-order valence-electron chi connectivity index (χ4n) is 2.22. The van der Waals surface area contributed by atoms with Crippen molar-refractivity contribution in [1.82, 2.24) is 19.0 Å². The molecule has 7 nitrogen and oxygen atoms in total. The predicted molar refractivity (Wildman–Crippen MR) is 73.6 cm³/mol. The van der Waals surface area contributed by atoms with Gasteiger partial charge in [0.1, 0.15) is 0 Å². The van der Waals surface area contributed by atoms with Gasteiger partial charge >= 0.3 is 0 Å². The van der Waals surface area contributed by atoms with Crippen molar-refractivity contribution in [3.05, 3.63) is 11.2 Å². The molecule has 0 radical (unpaired) electrons. The summed E-state index contributed by atoms with van der Waals surface area (Å²) in [4.78, 5) is 1.96. The molecule has 1 unspecified atom stereocenters. The summed E-state index contributed by atoms with van der Waals surface area (Å²) < 4.78 is 27.7. The average Bonchev–Trinajstić information content (AvgIpc) is 2.78. The lowest BCUT2D eigenvalue weighted by Gasteiger charge is -2.35. The highest BCUT2D eigenvalue weighted by molar-refractivity contribution is 7.89. The van der Waals surface area contributed by atoms with Gasteiger partial charge in [0.2, 0.25) is 0 Å². The molecule has 110 valence electrons. The molecule has 0 N–H and O–H groups in total. The van der Waals surface area contributed by atoms with Gasteiger partial charge in [-0.05, 0) is 6.92 Å². The van der Waals surface area contributed by atoms with Gasteiger partial charge in [-0.3, -0.25) is 9.58 Å². The third kappa shape index (κ3) is 2.67. The van der Waals surface area contributed by atoms with Crippen LogP contribution in [0.4, 0.5) is 0 Å². The highest BCUT2D eigenvalue weighted by atomic mass is 35.5. The molecule has 0 spiro atoms. The van der Waals surface area contributed by atoms with Crippen LogP contribution >= 0.6 is 11.6 Å². The van der Waals surface area contributed by atoms with E-state index in [1.54, 1.807) is 7.05 Å². The maximum Gasteiger partial charge on any atom is 0.261 e. The second-order valence-electron chi connectivity index (χ2n) is 4.67. The molecule has 9 heteroatoms. The molecule has 1 saturated heterocycles. The van der Waals surface area contributed by atoms with Gasteiger partial charge < -0.3 is 0 Å². The van der Waals surface area contributed by atoms with Crippen molar-refractivity contribution in [2.24, 2.45) is 7.05 Å². The van der Waals surface area contributed by atoms with E-state index in [1.807, 2.05) is 11.8 Å². The minimum atomic E-state index is -3.64. The second-order valence-corrected chi connectivity index (χ2v) is 6.93. The van der Waals surface area contributed by atoms with E-state index in [4.69, 9.17) is 16.9 Å². The topological polar surface area (TPSA) is 82.2 Å². The lowest BCUT2D eigenvalue weighted by Crippen LogP contribution is -2.51. The van der Waals surface area contributed by atoms with Crippen molar-refractivity contribution >= 4 is 21.6 Å². The first-order valence-electron chi connectivity index (χ1n) is 6.19. The Labute approximate surface area is 123 Å². The van der Waals surface area contributed by atoms with Gasteiger partial charge in [0.15, 0.2) is 5.03 Å². The number of piperazine rings is 1. The molecular weight excluding hydrogens is 302 g/mol. The largest absolute Gasteiger partial charge is 0.286 e. The number of aryl methyl sites for hydroxylation is 1. The molecule has 1 fully saturated rings. The van der Waals surface area contributed by atoms with Gasteiger partial charge in [0, 0.05) is 33.2 Å². The van der Waals surface area contributed by atoms with Crippen molar-refractivity contribution < 1.29 is 8.42 Å². The minimum absolute atomic E-state index is 0.0148. The van der Waals surface area contributed by atoms with E-state index in [1.165, 1.54) is 15.2 Å². The van der Waals surface area contributed by atoms with Crippen LogP contribution < -0.4 is 0 Å². The van der Waals surface area contributed by atoms with Gasteiger partial charge in [0.05, 0.1) is 23.3 Å². The van der Waals surface area contributed by atoms with Gasteiger partial charge in [-0.1, -0.05) is 11.6 Å². The van der Waals surface area contributed by atoms with Crippen molar-refractivity contribution in [2.45, 2.75) is 18.0 Å². The van der Waals surface area contributed by atoms with Crippen LogP contribution in [0.25, 0.3) is 0 Å². The Morgan fingerprint density at radius 3 is 2.45 bits per heavy atom. The summed E-state index contributed by atoms with van der Waals surface area (Å²) in [7, 11) is -2.10. The maximum atomic E-state index is 12.5. The molecule has 1 aromatic heterocycles. The number of rotatable bonds is 3. The summed E-state index contributed by atoms with van der Waals surface area (Å²) in [5, 5.41) is 12.9. The number of nitriles is 1. The first-order valence-corrected chi connectivity index (χ1v) is 8.01. The second kappa shape index (κ2) is 5.69. The number of hydrogen-bond acceptors (Lipinski definition) is 5. The van der Waals surface area contributed by atoms with E-state index in [0.29, 0.717) is 26.2 Å². The number of sulfonamides is 1. The summed E-state index contributed by atoms with van der Waals surface area (Å²) in [6.45, 7) is 3.56. The number of halogens is 1. The molecule has 2 rings (SSSR count). The molecule has 20 heavy (non-hydrogen) atoms. The van der Waals surface area contributed by atoms with E-state index < -0.39 is 10.0 Å². The number of aromatic nitrogens is 2. The quantitative estimate of drug-likeness (QED) is 0.800. The Kier molecular flexibility index (Phi) is 4.34. The average molecular weight is 318 g/mol. The van der Waals surface area contributed by atoms with Crippen LogP contribution in [0.15, 0.2) is 11.2 Å². The highest BCUT2D eigenvalue weighted by Crippen LogP contribution is 2.24. The van der Waals surface area contributed by atoms with Crippen molar-refractivity contribution in [3.8, 4) is 6.07 Å². The molecule has 1 aliphatic heterocycles. The highest BCUT2D eigenvalue weighted by Gasteiger charge is 2.33. The SMILES string of the molecule is CC(C#N)N1CCN(S(=O)(=O)c2c(Cl)cnn2C)CC1. The summed E-state index contributed by atoms with van der Waals surface area (Å²) in [5.74, 6) is 0. The fourth-order valence-corrected chi connectivity index (χ4v) is 4.25. The third-order valence-corrected chi connectivity index (χ3v) is 5.84. The van der Waals surface area contributed by atoms with Crippen LogP contribution in [-0.4, -0.2) is 59.6 Å². The van der Waals surface area contributed by atoms with E-state index in [9.17, 15) is 8.42 Å². The Hall–Kier alpha value is -1.14. The minimum Gasteiger partial charge on any atom is -0.286 e. The lowest BCUT2D eigenvalue weighted by atomic mass is 10.2. The van der Waals surface area contributed by atoms with E-state index >= 15 is 0 Å². The molecular formula is C11H16ClN5O2S. The molecule has 0 saturated carbocycles. The lowest BCUT2D eigenvalue weighted by molar-refractivity contribution is 0.169. The van der Waals surface area contributed by atoms with Crippen LogP contribution in [0.2, 0.25) is 5.02 Å². The van der Waals surface area contributed by atoms with Gasteiger partial charge in [-0.25, -0.2) is 8.42 Å². The summed E-state index contributed by atoms with van der Waals surface area (Å²) in [6, 6.07) is 1.95. The Bertz CT molecular complexity index is 608. The van der Waals surface area contributed by atoms with Crippen LogP contribution in [0.1, 0.15) is 6.92 Å². The molecule has 2 heterocycles. The zero-order valence-corrected chi connectivity index (χ0v) is 12.9. The fraction of sp³-hybridized carbons (Fsp3) is 0.636. The smallest absolute Gasteiger partial charge is 0.261 e. The summed E-state index contributed by atoms with van der Waals surface area (Å²) >= 11 is 5.91. The van der Waals surface area contributed by atoms with Crippen LogP contribution in [0.5, 0.6) is 0 Å². The summed E-state index contributed by atoms with van der Waals surface area (Å²) in [6.07, 6.45) is 1.32. The molecule has 1 aromatic rings. The molecule has 1 aliphatic rings. The standard InChI is InChI=1S/C11H16ClN5O2S/c1-9(7-13)16-3-5-17(6-4-16)20(18,19)11-10(12)8-14-15(11)2/h8-9H,3-6H2,1-2H3. The van der Waals surface area contributed by atoms with Gasteiger partial charge in [-0.2, -0.15) is 14.7 Å². The number of nitrogens with zero attached hydrogens (tertiary/aromatic N) is 5. The van der Waals surface area contributed by atoms with E-state index in [0.717, 1.165) is 0 Å². The van der Waals surface area contributed by atoms with Crippen LogP contribution in [0.3, 0.4) is 0 Å². The van der Waals surface area contributed by atoms with E-state index in [-0.39, 0.29) is 16.1 Å². The zero-order valence-electron chi connectivity index (χ0n) is 11.3. The predicted octanol–water partition coefficient (Wildman–Crippen LogP) is 0.292. The Morgan fingerprint density at radius 1 is 1.40 bits per heavy atom. The monoisotopic (exact) mass is 317 g/mol. The molecule has 0 amide bonds. The first kappa shape index (κ1) is 15.3. The molecule has 0 bridgehead atoms. The molecule has 1 atom stereocenters. The molecule has 0 aromatic carbocycles. The van der Waals surface area contributed by atoms with Gasteiger partial charge in [-0.15, -0.1) is 0 Å². The van der Waals surface area contributed by atoms with Crippen molar-refractivity contribution in [3.63, 3.8) is 0 Å².